The summed E-state index contributed by atoms with van der Waals surface area (Å²) in [6, 6.07) is 0. The zero-order chi connectivity index (χ0) is 21.7. The van der Waals surface area contributed by atoms with Crippen molar-refractivity contribution < 1.29 is 13.6 Å². The van der Waals surface area contributed by atoms with E-state index in [1.165, 1.54) is 6.08 Å². The van der Waals surface area contributed by atoms with Crippen LogP contribution < -0.4 is 0 Å². The first-order chi connectivity index (χ1) is 12.0. The van der Waals surface area contributed by atoms with E-state index in [1.807, 2.05) is 0 Å². The molecule has 0 saturated heterocycles. The van der Waals surface area contributed by atoms with Crippen LogP contribution in [0.1, 0.15) is 67.7 Å². The zero-order valence-corrected chi connectivity index (χ0v) is 22.0. The van der Waals surface area contributed by atoms with E-state index in [9.17, 15) is 4.79 Å². The SMILES string of the molecule is C=CC(=O)C[C@@H](O[Si](C)(C)C(C)(C)C)[C@@H](CCC)CO[Si](C)(C)C(C)(C)C. The Labute approximate surface area is 171 Å². The fourth-order valence-corrected chi connectivity index (χ4v) is 4.87. The van der Waals surface area contributed by atoms with Gasteiger partial charge in [0.25, 0.3) is 0 Å². The Balaban J connectivity index is 5.57. The molecule has 0 aliphatic rings. The number of allylic oxidation sites excluding steroid dienone is 1. The molecule has 0 rings (SSSR count). The summed E-state index contributed by atoms with van der Waals surface area (Å²) in [5, 5.41) is 0.288. The molecule has 0 amide bonds. The van der Waals surface area contributed by atoms with Crippen LogP contribution in [0.15, 0.2) is 12.7 Å². The molecular weight excluding hydrogens is 368 g/mol. The number of ketones is 1. The molecule has 0 aliphatic heterocycles. The van der Waals surface area contributed by atoms with Crippen molar-refractivity contribution in [3.05, 3.63) is 12.7 Å². The second-order valence-corrected chi connectivity index (χ2v) is 20.5. The van der Waals surface area contributed by atoms with Crippen molar-refractivity contribution >= 4 is 22.4 Å². The molecule has 0 spiro atoms. The van der Waals surface area contributed by atoms with Gasteiger partial charge in [-0.3, -0.25) is 4.79 Å². The minimum Gasteiger partial charge on any atom is -0.416 e. The zero-order valence-electron chi connectivity index (χ0n) is 20.0. The molecule has 0 radical (unpaired) electrons. The van der Waals surface area contributed by atoms with Gasteiger partial charge in [-0.2, -0.15) is 0 Å². The third kappa shape index (κ3) is 8.34. The number of hydrogen-bond acceptors (Lipinski definition) is 3. The lowest BCUT2D eigenvalue weighted by molar-refractivity contribution is -0.117. The molecule has 0 heterocycles. The van der Waals surface area contributed by atoms with Crippen molar-refractivity contribution in [3.63, 3.8) is 0 Å². The van der Waals surface area contributed by atoms with E-state index >= 15 is 0 Å². The van der Waals surface area contributed by atoms with Crippen molar-refractivity contribution in [1.82, 2.24) is 0 Å². The molecule has 0 aromatic carbocycles. The number of rotatable bonds is 11. The molecule has 0 unspecified atom stereocenters. The first kappa shape index (κ1) is 26.8. The molecule has 5 heteroatoms. The Morgan fingerprint density at radius 3 is 1.85 bits per heavy atom. The summed E-state index contributed by atoms with van der Waals surface area (Å²) in [5.41, 5.74) is 0. The highest BCUT2D eigenvalue weighted by atomic mass is 28.4. The summed E-state index contributed by atoms with van der Waals surface area (Å²) >= 11 is 0. The fourth-order valence-electron chi connectivity index (χ4n) is 2.42. The predicted octanol–water partition coefficient (Wildman–Crippen LogP) is 6.96. The van der Waals surface area contributed by atoms with E-state index in [-0.39, 0.29) is 27.9 Å². The molecule has 0 saturated carbocycles. The van der Waals surface area contributed by atoms with Crippen LogP contribution in [0.5, 0.6) is 0 Å². The van der Waals surface area contributed by atoms with Crippen LogP contribution in [0.2, 0.25) is 36.3 Å². The third-order valence-electron chi connectivity index (χ3n) is 6.53. The van der Waals surface area contributed by atoms with Crippen molar-refractivity contribution in [2.24, 2.45) is 5.92 Å². The minimum absolute atomic E-state index is 0.0622. The summed E-state index contributed by atoms with van der Waals surface area (Å²) in [6.07, 6.45) is 3.81. The van der Waals surface area contributed by atoms with E-state index in [2.05, 4.69) is 81.2 Å². The van der Waals surface area contributed by atoms with Gasteiger partial charge in [-0.1, -0.05) is 61.5 Å². The van der Waals surface area contributed by atoms with Gasteiger partial charge in [0.05, 0.1) is 6.10 Å². The molecule has 160 valence electrons. The maximum absolute atomic E-state index is 12.2. The van der Waals surface area contributed by atoms with Crippen LogP contribution in [0.4, 0.5) is 0 Å². The van der Waals surface area contributed by atoms with E-state index in [0.717, 1.165) is 12.8 Å². The van der Waals surface area contributed by atoms with Crippen LogP contribution in [-0.2, 0) is 13.6 Å². The van der Waals surface area contributed by atoms with Crippen molar-refractivity contribution in [3.8, 4) is 0 Å². The molecule has 0 aromatic rings. The highest BCUT2D eigenvalue weighted by Crippen LogP contribution is 2.40. The number of carbonyl (C=O) groups excluding carboxylic acids is 1. The Morgan fingerprint density at radius 1 is 1.00 bits per heavy atom. The quantitative estimate of drug-likeness (QED) is 0.271. The van der Waals surface area contributed by atoms with E-state index < -0.39 is 16.6 Å². The molecule has 0 aliphatic carbocycles. The Bertz CT molecular complexity index is 485. The van der Waals surface area contributed by atoms with Gasteiger partial charge in [-0.05, 0) is 48.8 Å². The summed E-state index contributed by atoms with van der Waals surface area (Å²) < 4.78 is 13.3. The normalized spacial score (nSPS) is 16.1. The molecule has 0 aromatic heterocycles. The van der Waals surface area contributed by atoms with Gasteiger partial charge in [0.2, 0.25) is 0 Å². The standard InChI is InChI=1S/C22H46O3Si2/c1-13-15-18(17-24-26(9,10)21(3,4)5)20(16-19(23)14-2)25-27(11,12)22(6,7)8/h14,18,20H,2,13,15-17H2,1,3-12H3/t18-,20+/m0/s1. The lowest BCUT2D eigenvalue weighted by Crippen LogP contribution is -2.48. The minimum atomic E-state index is -1.98. The van der Waals surface area contributed by atoms with Gasteiger partial charge >= 0.3 is 0 Å². The van der Waals surface area contributed by atoms with Gasteiger partial charge in [0.15, 0.2) is 22.4 Å². The fraction of sp³-hybridized carbons (Fsp3) is 0.864. The topological polar surface area (TPSA) is 35.5 Å². The summed E-state index contributed by atoms with van der Waals surface area (Å²) in [5.74, 6) is 0.300. The van der Waals surface area contributed by atoms with Gasteiger partial charge in [-0.15, -0.1) is 0 Å². The summed E-state index contributed by atoms with van der Waals surface area (Å²) in [6.45, 7) is 29.1. The molecule has 0 bridgehead atoms. The first-order valence-electron chi connectivity index (χ1n) is 10.5. The van der Waals surface area contributed by atoms with Crippen LogP contribution in [-0.4, -0.2) is 35.1 Å². The number of hydrogen-bond donors (Lipinski definition) is 0. The van der Waals surface area contributed by atoms with E-state index in [1.54, 1.807) is 0 Å². The molecule has 3 nitrogen and oxygen atoms in total. The molecule has 2 atom stereocenters. The maximum atomic E-state index is 12.2. The smallest absolute Gasteiger partial charge is 0.192 e. The van der Waals surface area contributed by atoms with Gasteiger partial charge in [0, 0.05) is 18.9 Å². The maximum Gasteiger partial charge on any atom is 0.192 e. The Hall–Kier alpha value is -0.236. The summed E-state index contributed by atoms with van der Waals surface area (Å²) in [7, 11) is -3.82. The van der Waals surface area contributed by atoms with Crippen molar-refractivity contribution in [2.45, 2.75) is 110 Å². The summed E-state index contributed by atoms with van der Waals surface area (Å²) in [4.78, 5) is 12.2. The monoisotopic (exact) mass is 414 g/mol. The molecule has 0 fully saturated rings. The van der Waals surface area contributed by atoms with E-state index in [4.69, 9.17) is 8.85 Å². The van der Waals surface area contributed by atoms with Crippen LogP contribution in [0.25, 0.3) is 0 Å². The second kappa shape index (κ2) is 9.99. The van der Waals surface area contributed by atoms with Crippen LogP contribution in [0, 0.1) is 5.92 Å². The molecule has 27 heavy (non-hydrogen) atoms. The predicted molar refractivity (Wildman–Crippen MR) is 123 cm³/mol. The number of carbonyl (C=O) groups is 1. The lowest BCUT2D eigenvalue weighted by atomic mass is 9.94. The van der Waals surface area contributed by atoms with Crippen LogP contribution >= 0.6 is 0 Å². The highest BCUT2D eigenvalue weighted by molar-refractivity contribution is 6.74. The van der Waals surface area contributed by atoms with Crippen LogP contribution in [0.3, 0.4) is 0 Å². The van der Waals surface area contributed by atoms with Gasteiger partial charge in [0.1, 0.15) is 0 Å². The van der Waals surface area contributed by atoms with Gasteiger partial charge in [-0.25, -0.2) is 0 Å². The lowest BCUT2D eigenvalue weighted by Gasteiger charge is -2.43. The molecule has 0 N–H and O–H groups in total. The third-order valence-corrected chi connectivity index (χ3v) is 15.5. The Kier molecular flexibility index (Phi) is 9.90. The molecular formula is C22H46O3Si2. The van der Waals surface area contributed by atoms with Crippen molar-refractivity contribution in [2.75, 3.05) is 6.61 Å². The second-order valence-electron chi connectivity index (χ2n) is 10.9. The average molecular weight is 415 g/mol. The first-order valence-corrected chi connectivity index (χ1v) is 16.3. The van der Waals surface area contributed by atoms with Crippen molar-refractivity contribution in [1.29, 1.82) is 0 Å². The Morgan fingerprint density at radius 2 is 1.48 bits per heavy atom. The highest BCUT2D eigenvalue weighted by Gasteiger charge is 2.42. The largest absolute Gasteiger partial charge is 0.416 e. The van der Waals surface area contributed by atoms with E-state index in [0.29, 0.717) is 13.0 Å². The average Bonchev–Trinajstić information content (AvgIpc) is 2.48. The van der Waals surface area contributed by atoms with Gasteiger partial charge < -0.3 is 8.85 Å².